The van der Waals surface area contributed by atoms with Crippen molar-refractivity contribution < 1.29 is 9.18 Å². The standard InChI is InChI=1S/C19H17FN2OS/c1-13(19-21-16-8-3-4-9-17(16)24-19)22(2)18(23)11-10-14-6-5-7-15(20)12-14/h3-13H,1-2H3/b11-10+/t13-/m0/s1. The predicted octanol–water partition coefficient (Wildman–Crippen LogP) is 4.67. The maximum Gasteiger partial charge on any atom is 0.246 e. The molecule has 0 unspecified atom stereocenters. The number of nitrogens with zero attached hydrogens (tertiary/aromatic N) is 2. The van der Waals surface area contributed by atoms with E-state index in [1.807, 2.05) is 31.2 Å². The highest BCUT2D eigenvalue weighted by Crippen LogP contribution is 2.28. The van der Waals surface area contributed by atoms with Crippen LogP contribution in [-0.2, 0) is 4.79 Å². The predicted molar refractivity (Wildman–Crippen MR) is 96.2 cm³/mol. The van der Waals surface area contributed by atoms with Gasteiger partial charge in [-0.1, -0.05) is 24.3 Å². The van der Waals surface area contributed by atoms with Gasteiger partial charge in [-0.25, -0.2) is 9.37 Å². The van der Waals surface area contributed by atoms with Gasteiger partial charge >= 0.3 is 0 Å². The minimum atomic E-state index is -0.319. The van der Waals surface area contributed by atoms with Crippen LogP contribution in [0.3, 0.4) is 0 Å². The Balaban J connectivity index is 1.74. The maximum atomic E-state index is 13.2. The van der Waals surface area contributed by atoms with Gasteiger partial charge in [0, 0.05) is 13.1 Å². The zero-order valence-corrected chi connectivity index (χ0v) is 14.3. The number of hydrogen-bond donors (Lipinski definition) is 0. The Bertz CT molecular complexity index is 870. The Labute approximate surface area is 144 Å². The Morgan fingerprint density at radius 1 is 1.25 bits per heavy atom. The topological polar surface area (TPSA) is 33.2 Å². The van der Waals surface area contributed by atoms with E-state index in [1.54, 1.807) is 41.5 Å². The lowest BCUT2D eigenvalue weighted by molar-refractivity contribution is -0.126. The second-order valence-electron chi connectivity index (χ2n) is 5.53. The Morgan fingerprint density at radius 2 is 2.04 bits per heavy atom. The lowest BCUT2D eigenvalue weighted by atomic mass is 10.2. The van der Waals surface area contributed by atoms with E-state index in [9.17, 15) is 9.18 Å². The lowest BCUT2D eigenvalue weighted by Gasteiger charge is -2.21. The van der Waals surface area contributed by atoms with Crippen molar-refractivity contribution in [3.05, 3.63) is 71.0 Å². The smallest absolute Gasteiger partial charge is 0.246 e. The third kappa shape index (κ3) is 3.51. The molecule has 1 heterocycles. The molecular formula is C19H17FN2OS. The van der Waals surface area contributed by atoms with Gasteiger partial charge in [-0.2, -0.15) is 0 Å². The molecule has 2 aromatic carbocycles. The molecule has 3 rings (SSSR count). The molecule has 0 N–H and O–H groups in total. The van der Waals surface area contributed by atoms with Crippen LogP contribution in [0.5, 0.6) is 0 Å². The van der Waals surface area contributed by atoms with Crippen LogP contribution in [0.25, 0.3) is 16.3 Å². The molecule has 0 bridgehead atoms. The molecular weight excluding hydrogens is 323 g/mol. The van der Waals surface area contributed by atoms with E-state index in [-0.39, 0.29) is 17.8 Å². The van der Waals surface area contributed by atoms with Gasteiger partial charge in [0.15, 0.2) is 0 Å². The van der Waals surface area contributed by atoms with Gasteiger partial charge in [-0.3, -0.25) is 4.79 Å². The number of benzene rings is 2. The summed E-state index contributed by atoms with van der Waals surface area (Å²) in [6, 6.07) is 13.9. The number of amides is 1. The average Bonchev–Trinajstić information content (AvgIpc) is 3.02. The highest BCUT2D eigenvalue weighted by Gasteiger charge is 2.19. The van der Waals surface area contributed by atoms with Gasteiger partial charge in [-0.15, -0.1) is 11.3 Å². The van der Waals surface area contributed by atoms with Gasteiger partial charge in [0.2, 0.25) is 5.91 Å². The first-order valence-corrected chi connectivity index (χ1v) is 8.42. The number of carbonyl (C=O) groups is 1. The number of para-hydroxylation sites is 1. The number of aromatic nitrogens is 1. The van der Waals surface area contributed by atoms with Crippen LogP contribution in [0, 0.1) is 5.82 Å². The Morgan fingerprint density at radius 3 is 2.79 bits per heavy atom. The third-order valence-corrected chi connectivity index (χ3v) is 5.07. The number of carbonyl (C=O) groups excluding carboxylic acids is 1. The normalized spacial score (nSPS) is 12.6. The second-order valence-corrected chi connectivity index (χ2v) is 6.60. The van der Waals surface area contributed by atoms with Crippen molar-refractivity contribution >= 4 is 33.5 Å². The van der Waals surface area contributed by atoms with E-state index in [4.69, 9.17) is 0 Å². The second kappa shape index (κ2) is 6.93. The SMILES string of the molecule is C[C@@H](c1nc2ccccc2s1)N(C)C(=O)/C=C/c1cccc(F)c1. The molecule has 0 fully saturated rings. The zero-order chi connectivity index (χ0) is 17.1. The molecule has 0 aliphatic heterocycles. The van der Waals surface area contributed by atoms with E-state index >= 15 is 0 Å². The number of rotatable bonds is 4. The molecule has 24 heavy (non-hydrogen) atoms. The summed E-state index contributed by atoms with van der Waals surface area (Å²) in [6.45, 7) is 1.95. The quantitative estimate of drug-likeness (QED) is 0.647. The van der Waals surface area contributed by atoms with Crippen molar-refractivity contribution in [1.29, 1.82) is 0 Å². The zero-order valence-electron chi connectivity index (χ0n) is 13.4. The van der Waals surface area contributed by atoms with Crippen LogP contribution < -0.4 is 0 Å². The summed E-state index contributed by atoms with van der Waals surface area (Å²) < 4.78 is 14.3. The van der Waals surface area contributed by atoms with Crippen molar-refractivity contribution in [2.45, 2.75) is 13.0 Å². The fourth-order valence-corrected chi connectivity index (χ4v) is 3.38. The average molecular weight is 340 g/mol. The number of halogens is 1. The van der Waals surface area contributed by atoms with E-state index in [1.165, 1.54) is 18.2 Å². The molecule has 122 valence electrons. The highest BCUT2D eigenvalue weighted by molar-refractivity contribution is 7.18. The Hall–Kier alpha value is -2.53. The molecule has 0 spiro atoms. The molecule has 0 saturated carbocycles. The van der Waals surface area contributed by atoms with E-state index in [0.29, 0.717) is 5.56 Å². The van der Waals surface area contributed by atoms with Crippen molar-refractivity contribution in [1.82, 2.24) is 9.88 Å². The molecule has 1 atom stereocenters. The molecule has 5 heteroatoms. The first-order chi connectivity index (χ1) is 11.5. The minimum absolute atomic E-state index is 0.132. The summed E-state index contributed by atoms with van der Waals surface area (Å²) >= 11 is 1.59. The molecule has 3 aromatic rings. The third-order valence-electron chi connectivity index (χ3n) is 3.86. The fourth-order valence-electron chi connectivity index (χ4n) is 2.32. The Kier molecular flexibility index (Phi) is 4.71. The molecule has 3 nitrogen and oxygen atoms in total. The van der Waals surface area contributed by atoms with Gasteiger partial charge in [0.05, 0.1) is 16.3 Å². The largest absolute Gasteiger partial charge is 0.333 e. The molecule has 1 amide bonds. The first kappa shape index (κ1) is 16.3. The summed E-state index contributed by atoms with van der Waals surface area (Å²) in [7, 11) is 1.75. The fraction of sp³-hybridized carbons (Fsp3) is 0.158. The van der Waals surface area contributed by atoms with Gasteiger partial charge in [0.25, 0.3) is 0 Å². The van der Waals surface area contributed by atoms with Crippen LogP contribution >= 0.6 is 11.3 Å². The summed E-state index contributed by atoms with van der Waals surface area (Å²) in [6.07, 6.45) is 3.07. The number of thiazole rings is 1. The molecule has 1 aromatic heterocycles. The molecule has 0 aliphatic rings. The summed E-state index contributed by atoms with van der Waals surface area (Å²) in [5.41, 5.74) is 1.60. The molecule has 0 saturated heterocycles. The number of fused-ring (bicyclic) bond motifs is 1. The van der Waals surface area contributed by atoms with Crippen LogP contribution in [0.2, 0.25) is 0 Å². The minimum Gasteiger partial charge on any atom is -0.333 e. The monoisotopic (exact) mass is 340 g/mol. The van der Waals surface area contributed by atoms with Crippen molar-refractivity contribution in [3.63, 3.8) is 0 Å². The molecule has 0 radical (unpaired) electrons. The number of hydrogen-bond acceptors (Lipinski definition) is 3. The van der Waals surface area contributed by atoms with E-state index in [0.717, 1.165) is 15.2 Å². The van der Waals surface area contributed by atoms with E-state index in [2.05, 4.69) is 4.98 Å². The molecule has 0 aliphatic carbocycles. The first-order valence-electron chi connectivity index (χ1n) is 7.60. The summed E-state index contributed by atoms with van der Waals surface area (Å²) in [5.74, 6) is -0.466. The maximum absolute atomic E-state index is 13.2. The van der Waals surface area contributed by atoms with Gasteiger partial charge in [0.1, 0.15) is 10.8 Å². The number of likely N-dealkylation sites (N-methyl/N-ethyl adjacent to an activating group) is 1. The van der Waals surface area contributed by atoms with Crippen molar-refractivity contribution in [2.75, 3.05) is 7.05 Å². The van der Waals surface area contributed by atoms with Gasteiger partial charge < -0.3 is 4.90 Å². The van der Waals surface area contributed by atoms with Crippen LogP contribution in [-0.4, -0.2) is 22.8 Å². The van der Waals surface area contributed by atoms with Crippen molar-refractivity contribution in [2.24, 2.45) is 0 Å². The van der Waals surface area contributed by atoms with Crippen LogP contribution in [0.1, 0.15) is 23.5 Å². The lowest BCUT2D eigenvalue weighted by Crippen LogP contribution is -2.27. The summed E-state index contributed by atoms with van der Waals surface area (Å²) in [4.78, 5) is 18.6. The highest BCUT2D eigenvalue weighted by atomic mass is 32.1. The van der Waals surface area contributed by atoms with Crippen LogP contribution in [0.15, 0.2) is 54.6 Å². The summed E-state index contributed by atoms with van der Waals surface area (Å²) in [5, 5.41) is 0.895. The van der Waals surface area contributed by atoms with Crippen molar-refractivity contribution in [3.8, 4) is 0 Å². The van der Waals surface area contributed by atoms with Gasteiger partial charge in [-0.05, 0) is 42.8 Å². The van der Waals surface area contributed by atoms with Crippen LogP contribution in [0.4, 0.5) is 4.39 Å². The van der Waals surface area contributed by atoms with E-state index < -0.39 is 0 Å².